The van der Waals surface area contributed by atoms with E-state index in [0.29, 0.717) is 6.42 Å². The standard InChI is InChI=1S/C12H10INOS/c1-8-3-2-4-10(12(8)13)11(15)5-9-6-14-7-16-9/h2-4,6-7H,5H2,1H3. The second kappa shape index (κ2) is 5.05. The smallest absolute Gasteiger partial charge is 0.169 e. The number of carbonyl (C=O) groups excluding carboxylic acids is 1. The van der Waals surface area contributed by atoms with Gasteiger partial charge in [-0.2, -0.15) is 0 Å². The van der Waals surface area contributed by atoms with Crippen LogP contribution >= 0.6 is 33.9 Å². The molecule has 0 saturated carbocycles. The maximum absolute atomic E-state index is 12.1. The summed E-state index contributed by atoms with van der Waals surface area (Å²) in [4.78, 5) is 17.0. The SMILES string of the molecule is Cc1cccc(C(=O)Cc2cncs2)c1I. The Kier molecular flexibility index (Phi) is 3.70. The van der Waals surface area contributed by atoms with E-state index in [1.165, 1.54) is 11.3 Å². The third kappa shape index (κ3) is 2.49. The zero-order valence-electron chi connectivity index (χ0n) is 8.74. The Labute approximate surface area is 112 Å². The molecule has 0 amide bonds. The lowest BCUT2D eigenvalue weighted by Crippen LogP contribution is -2.05. The van der Waals surface area contributed by atoms with Gasteiger partial charge < -0.3 is 0 Å². The zero-order valence-corrected chi connectivity index (χ0v) is 11.7. The highest BCUT2D eigenvalue weighted by molar-refractivity contribution is 14.1. The Bertz CT molecular complexity index is 508. The number of halogens is 1. The molecular formula is C12H10INOS. The molecule has 0 aliphatic rings. The summed E-state index contributed by atoms with van der Waals surface area (Å²) in [5, 5.41) is 0. The minimum absolute atomic E-state index is 0.164. The van der Waals surface area contributed by atoms with E-state index in [-0.39, 0.29) is 5.78 Å². The van der Waals surface area contributed by atoms with Crippen molar-refractivity contribution in [3.8, 4) is 0 Å². The van der Waals surface area contributed by atoms with Crippen LogP contribution in [0.4, 0.5) is 0 Å². The van der Waals surface area contributed by atoms with Gasteiger partial charge in [-0.1, -0.05) is 18.2 Å². The molecule has 1 heterocycles. The molecule has 0 saturated heterocycles. The Morgan fingerprint density at radius 2 is 2.31 bits per heavy atom. The van der Waals surface area contributed by atoms with Crippen molar-refractivity contribution < 1.29 is 4.79 Å². The van der Waals surface area contributed by atoms with Crippen LogP contribution in [0.2, 0.25) is 0 Å². The summed E-state index contributed by atoms with van der Waals surface area (Å²) in [5.41, 5.74) is 3.72. The van der Waals surface area contributed by atoms with Crippen LogP contribution in [-0.4, -0.2) is 10.8 Å². The van der Waals surface area contributed by atoms with Crippen molar-refractivity contribution in [3.63, 3.8) is 0 Å². The first-order chi connectivity index (χ1) is 7.68. The minimum Gasteiger partial charge on any atom is -0.294 e. The molecule has 0 fully saturated rings. The number of aryl methyl sites for hydroxylation is 1. The molecule has 2 rings (SSSR count). The van der Waals surface area contributed by atoms with Gasteiger partial charge in [-0.25, -0.2) is 0 Å². The largest absolute Gasteiger partial charge is 0.294 e. The van der Waals surface area contributed by atoms with Gasteiger partial charge in [-0.05, 0) is 35.1 Å². The number of benzene rings is 1. The van der Waals surface area contributed by atoms with Crippen molar-refractivity contribution in [2.75, 3.05) is 0 Å². The first-order valence-corrected chi connectivity index (χ1v) is 6.80. The number of carbonyl (C=O) groups is 1. The van der Waals surface area contributed by atoms with E-state index in [1.807, 2.05) is 25.1 Å². The first kappa shape index (κ1) is 11.7. The molecule has 0 radical (unpaired) electrons. The van der Waals surface area contributed by atoms with Gasteiger partial charge in [0.2, 0.25) is 0 Å². The molecule has 4 heteroatoms. The third-order valence-electron chi connectivity index (χ3n) is 2.31. The maximum Gasteiger partial charge on any atom is 0.169 e. The fourth-order valence-electron chi connectivity index (χ4n) is 1.45. The number of nitrogens with zero attached hydrogens (tertiary/aromatic N) is 1. The Hall–Kier alpha value is -0.750. The van der Waals surface area contributed by atoms with Crippen LogP contribution in [0.1, 0.15) is 20.8 Å². The van der Waals surface area contributed by atoms with Gasteiger partial charge in [0.1, 0.15) is 0 Å². The van der Waals surface area contributed by atoms with Gasteiger partial charge in [0.25, 0.3) is 0 Å². The molecule has 0 unspecified atom stereocenters. The van der Waals surface area contributed by atoms with E-state index in [1.54, 1.807) is 11.7 Å². The van der Waals surface area contributed by atoms with E-state index in [2.05, 4.69) is 27.6 Å². The highest BCUT2D eigenvalue weighted by Gasteiger charge is 2.12. The average molecular weight is 343 g/mol. The highest BCUT2D eigenvalue weighted by Crippen LogP contribution is 2.19. The fraction of sp³-hybridized carbons (Fsp3) is 0.167. The van der Waals surface area contributed by atoms with E-state index >= 15 is 0 Å². The number of Topliss-reactive ketones (excluding diaryl/α,β-unsaturated/α-hetero) is 1. The van der Waals surface area contributed by atoms with E-state index in [4.69, 9.17) is 0 Å². The Morgan fingerprint density at radius 3 is 3.00 bits per heavy atom. The van der Waals surface area contributed by atoms with Crippen LogP contribution in [0.5, 0.6) is 0 Å². The normalized spacial score (nSPS) is 10.4. The third-order valence-corrected chi connectivity index (χ3v) is 4.52. The van der Waals surface area contributed by atoms with Crippen molar-refractivity contribution >= 4 is 39.7 Å². The number of hydrogen-bond acceptors (Lipinski definition) is 3. The van der Waals surface area contributed by atoms with Crippen molar-refractivity contribution in [3.05, 3.63) is 49.5 Å². The van der Waals surface area contributed by atoms with E-state index in [9.17, 15) is 4.79 Å². The number of aromatic nitrogens is 1. The molecule has 1 aromatic carbocycles. The van der Waals surface area contributed by atoms with Gasteiger partial charge in [0, 0.05) is 26.6 Å². The second-order valence-corrected chi connectivity index (χ2v) is 5.55. The molecule has 2 aromatic rings. The van der Waals surface area contributed by atoms with Crippen LogP contribution in [-0.2, 0) is 6.42 Å². The lowest BCUT2D eigenvalue weighted by Gasteiger charge is -2.04. The molecule has 0 aliphatic heterocycles. The topological polar surface area (TPSA) is 30.0 Å². The van der Waals surface area contributed by atoms with Crippen LogP contribution in [0.3, 0.4) is 0 Å². The van der Waals surface area contributed by atoms with Crippen LogP contribution in [0, 0.1) is 10.5 Å². The average Bonchev–Trinajstić information content (AvgIpc) is 2.74. The van der Waals surface area contributed by atoms with Crippen LogP contribution in [0.25, 0.3) is 0 Å². The summed E-state index contributed by atoms with van der Waals surface area (Å²) in [6.07, 6.45) is 2.20. The van der Waals surface area contributed by atoms with Gasteiger partial charge in [-0.15, -0.1) is 11.3 Å². The van der Waals surface area contributed by atoms with Crippen LogP contribution in [0.15, 0.2) is 29.9 Å². The number of rotatable bonds is 3. The number of hydrogen-bond donors (Lipinski definition) is 0. The Balaban J connectivity index is 2.24. The van der Waals surface area contributed by atoms with Crippen molar-refractivity contribution in [2.45, 2.75) is 13.3 Å². The molecule has 0 aliphatic carbocycles. The fourth-order valence-corrected chi connectivity index (χ4v) is 2.70. The monoisotopic (exact) mass is 343 g/mol. The second-order valence-electron chi connectivity index (χ2n) is 3.50. The van der Waals surface area contributed by atoms with Crippen molar-refractivity contribution in [1.82, 2.24) is 4.98 Å². The molecule has 0 N–H and O–H groups in total. The van der Waals surface area contributed by atoms with E-state index in [0.717, 1.165) is 19.6 Å². The molecule has 0 spiro atoms. The highest BCUT2D eigenvalue weighted by atomic mass is 127. The Morgan fingerprint density at radius 1 is 1.50 bits per heavy atom. The quantitative estimate of drug-likeness (QED) is 0.631. The number of ketones is 1. The van der Waals surface area contributed by atoms with E-state index < -0.39 is 0 Å². The lowest BCUT2D eigenvalue weighted by atomic mass is 10.1. The van der Waals surface area contributed by atoms with Crippen molar-refractivity contribution in [2.24, 2.45) is 0 Å². The molecule has 2 nitrogen and oxygen atoms in total. The maximum atomic E-state index is 12.1. The lowest BCUT2D eigenvalue weighted by molar-refractivity contribution is 0.0993. The molecule has 0 atom stereocenters. The summed E-state index contributed by atoms with van der Waals surface area (Å²) < 4.78 is 1.05. The summed E-state index contributed by atoms with van der Waals surface area (Å²) in [6.45, 7) is 2.02. The van der Waals surface area contributed by atoms with Gasteiger partial charge in [0.15, 0.2) is 5.78 Å². The molecular weight excluding hydrogens is 333 g/mol. The summed E-state index contributed by atoms with van der Waals surface area (Å²) >= 11 is 3.75. The minimum atomic E-state index is 0.164. The summed E-state index contributed by atoms with van der Waals surface area (Å²) in [7, 11) is 0. The van der Waals surface area contributed by atoms with Gasteiger partial charge >= 0.3 is 0 Å². The van der Waals surface area contributed by atoms with Crippen molar-refractivity contribution in [1.29, 1.82) is 0 Å². The van der Waals surface area contributed by atoms with Gasteiger partial charge in [-0.3, -0.25) is 9.78 Å². The molecule has 0 bridgehead atoms. The summed E-state index contributed by atoms with van der Waals surface area (Å²) in [5.74, 6) is 0.164. The van der Waals surface area contributed by atoms with Crippen LogP contribution < -0.4 is 0 Å². The molecule has 82 valence electrons. The molecule has 1 aromatic heterocycles. The summed E-state index contributed by atoms with van der Waals surface area (Å²) in [6, 6.07) is 5.83. The first-order valence-electron chi connectivity index (χ1n) is 4.84. The zero-order chi connectivity index (χ0) is 11.5. The predicted octanol–water partition coefficient (Wildman–Crippen LogP) is 3.48. The van der Waals surface area contributed by atoms with Gasteiger partial charge in [0.05, 0.1) is 5.51 Å². The number of thiazole rings is 1. The predicted molar refractivity (Wildman–Crippen MR) is 74.0 cm³/mol. The molecule has 16 heavy (non-hydrogen) atoms.